The highest BCUT2D eigenvalue weighted by atomic mass is 28.3. The summed E-state index contributed by atoms with van der Waals surface area (Å²) in [4.78, 5) is 0. The van der Waals surface area contributed by atoms with E-state index in [1.165, 1.54) is 0 Å². The van der Waals surface area contributed by atoms with Crippen molar-refractivity contribution in [3.8, 4) is 11.1 Å². The zero-order valence-electron chi connectivity index (χ0n) is 10.5. The zero-order valence-corrected chi connectivity index (χ0v) is 11.5. The minimum absolute atomic E-state index is 0.0880. The van der Waals surface area contributed by atoms with E-state index in [4.69, 9.17) is 8.85 Å². The normalized spacial score (nSPS) is 12.1. The fraction of sp³-hybridized carbons (Fsp3) is 0.143. The molecule has 0 unspecified atom stereocenters. The van der Waals surface area contributed by atoms with Gasteiger partial charge in [0.15, 0.2) is 0 Å². The summed E-state index contributed by atoms with van der Waals surface area (Å²) in [6.45, 7) is 0.568. The standard InChI is InChI=1S/C14H12N2O2Si/c1-17-19-18-9-10-2-4-11(5-3-10)13-7-6-12-8-14(13)16-15-12/h2-8H,9H2,1H3. The molecule has 0 N–H and O–H groups in total. The van der Waals surface area contributed by atoms with Crippen molar-refractivity contribution in [1.29, 1.82) is 0 Å². The number of hydrogen-bond donors (Lipinski definition) is 0. The van der Waals surface area contributed by atoms with Gasteiger partial charge in [-0.15, -0.1) is 5.11 Å². The molecule has 5 heteroatoms. The molecule has 0 aliphatic carbocycles. The number of hydrogen-bond acceptors (Lipinski definition) is 4. The molecule has 0 saturated heterocycles. The molecule has 4 nitrogen and oxygen atoms in total. The lowest BCUT2D eigenvalue weighted by Crippen LogP contribution is -2.00. The topological polar surface area (TPSA) is 43.2 Å². The largest absolute Gasteiger partial charge is 0.433 e. The van der Waals surface area contributed by atoms with Crippen molar-refractivity contribution in [2.24, 2.45) is 10.2 Å². The van der Waals surface area contributed by atoms with Crippen LogP contribution in [0.4, 0.5) is 11.4 Å². The first kappa shape index (κ1) is 12.2. The van der Waals surface area contributed by atoms with Crippen LogP contribution in [0.5, 0.6) is 0 Å². The van der Waals surface area contributed by atoms with Crippen LogP contribution < -0.4 is 0 Å². The zero-order chi connectivity index (χ0) is 13.1. The molecule has 0 atom stereocenters. The lowest BCUT2D eigenvalue weighted by atomic mass is 10.0. The molecule has 0 spiro atoms. The molecule has 0 amide bonds. The number of rotatable bonds is 5. The van der Waals surface area contributed by atoms with E-state index in [-0.39, 0.29) is 10.0 Å². The van der Waals surface area contributed by atoms with E-state index in [1.807, 2.05) is 12.1 Å². The molecule has 0 saturated carbocycles. The average molecular weight is 268 g/mol. The first-order valence-electron chi connectivity index (χ1n) is 5.92. The third kappa shape index (κ3) is 2.63. The number of azo groups is 1. The van der Waals surface area contributed by atoms with Crippen LogP contribution in [-0.2, 0) is 15.5 Å². The van der Waals surface area contributed by atoms with Crippen LogP contribution in [0.1, 0.15) is 5.56 Å². The molecule has 2 aromatic carbocycles. The van der Waals surface area contributed by atoms with Gasteiger partial charge in [-0.1, -0.05) is 24.3 Å². The Kier molecular flexibility index (Phi) is 3.50. The fourth-order valence-corrected chi connectivity index (χ4v) is 2.32. The Morgan fingerprint density at radius 2 is 1.89 bits per heavy atom. The van der Waals surface area contributed by atoms with Crippen molar-refractivity contribution >= 4 is 21.4 Å². The van der Waals surface area contributed by atoms with Crippen molar-refractivity contribution in [3.63, 3.8) is 0 Å². The van der Waals surface area contributed by atoms with Gasteiger partial charge in [-0.3, -0.25) is 0 Å². The van der Waals surface area contributed by atoms with Gasteiger partial charge < -0.3 is 8.85 Å². The molecule has 2 radical (unpaired) electrons. The number of fused-ring (bicyclic) bond motifs is 2. The first-order valence-corrected chi connectivity index (χ1v) is 6.73. The molecule has 0 fully saturated rings. The Balaban J connectivity index is 1.78. The number of nitrogens with zero attached hydrogens (tertiary/aromatic N) is 2. The minimum Gasteiger partial charge on any atom is -0.396 e. The predicted molar refractivity (Wildman–Crippen MR) is 73.6 cm³/mol. The van der Waals surface area contributed by atoms with E-state index in [0.717, 1.165) is 28.1 Å². The Morgan fingerprint density at radius 3 is 2.68 bits per heavy atom. The summed E-state index contributed by atoms with van der Waals surface area (Å²) >= 11 is 0. The quantitative estimate of drug-likeness (QED) is 0.522. The van der Waals surface area contributed by atoms with E-state index >= 15 is 0 Å². The smallest absolute Gasteiger partial charge is 0.396 e. The molecule has 1 aliphatic rings. The van der Waals surface area contributed by atoms with Crippen LogP contribution in [-0.4, -0.2) is 17.1 Å². The van der Waals surface area contributed by atoms with Gasteiger partial charge in [0.2, 0.25) is 0 Å². The van der Waals surface area contributed by atoms with Gasteiger partial charge >= 0.3 is 10.0 Å². The maximum Gasteiger partial charge on any atom is 0.433 e. The van der Waals surface area contributed by atoms with Crippen LogP contribution in [0, 0.1) is 0 Å². The predicted octanol–water partition coefficient (Wildman–Crippen LogP) is 3.78. The van der Waals surface area contributed by atoms with Crippen LogP contribution in [0.3, 0.4) is 0 Å². The second-order valence-corrected chi connectivity index (χ2v) is 5.04. The van der Waals surface area contributed by atoms with Crippen LogP contribution in [0.15, 0.2) is 52.7 Å². The summed E-state index contributed by atoms with van der Waals surface area (Å²) in [6.07, 6.45) is 0. The van der Waals surface area contributed by atoms with Crippen LogP contribution >= 0.6 is 0 Å². The van der Waals surface area contributed by atoms with Gasteiger partial charge in [0, 0.05) is 12.7 Å². The van der Waals surface area contributed by atoms with Gasteiger partial charge in [-0.25, -0.2) is 0 Å². The van der Waals surface area contributed by atoms with Crippen molar-refractivity contribution < 1.29 is 8.85 Å². The fourth-order valence-electron chi connectivity index (χ4n) is 1.97. The summed E-state index contributed by atoms with van der Waals surface area (Å²) in [7, 11) is 1.72. The van der Waals surface area contributed by atoms with Crippen LogP contribution in [0.2, 0.25) is 0 Å². The van der Waals surface area contributed by atoms with Gasteiger partial charge in [-0.05, 0) is 29.3 Å². The van der Waals surface area contributed by atoms with Crippen molar-refractivity contribution in [2.75, 3.05) is 7.11 Å². The summed E-state index contributed by atoms with van der Waals surface area (Å²) < 4.78 is 10.2. The monoisotopic (exact) mass is 268 g/mol. The van der Waals surface area contributed by atoms with Gasteiger partial charge in [0.05, 0.1) is 18.0 Å². The molecule has 2 bridgehead atoms. The average Bonchev–Trinajstić information content (AvgIpc) is 2.82. The summed E-state index contributed by atoms with van der Waals surface area (Å²) in [5.74, 6) is 0. The Labute approximate surface area is 114 Å². The molecular weight excluding hydrogens is 256 g/mol. The molecule has 19 heavy (non-hydrogen) atoms. The molecule has 3 rings (SSSR count). The first-order chi connectivity index (χ1) is 9.36. The Bertz CT molecular complexity index is 611. The lowest BCUT2D eigenvalue weighted by molar-refractivity contribution is 0.246. The minimum atomic E-state index is 0.0880. The van der Waals surface area contributed by atoms with Gasteiger partial charge in [-0.2, -0.15) is 5.11 Å². The van der Waals surface area contributed by atoms with Gasteiger partial charge in [0.1, 0.15) is 0 Å². The van der Waals surface area contributed by atoms with E-state index < -0.39 is 0 Å². The van der Waals surface area contributed by atoms with Crippen molar-refractivity contribution in [3.05, 3.63) is 48.0 Å². The summed E-state index contributed by atoms with van der Waals surface area (Å²) in [5.41, 5.74) is 5.23. The van der Waals surface area contributed by atoms with E-state index in [0.29, 0.717) is 6.61 Å². The molecule has 1 aliphatic heterocycles. The SMILES string of the molecule is CO[Si]OCc1ccc(-c2ccc3cc2N=N3)cc1. The summed E-state index contributed by atoms with van der Waals surface area (Å²) in [5, 5.41) is 8.20. The van der Waals surface area contributed by atoms with Gasteiger partial charge in [0.25, 0.3) is 0 Å². The molecular formula is C14H12N2O2Si. The molecule has 2 aromatic rings. The van der Waals surface area contributed by atoms with Crippen molar-refractivity contribution in [2.45, 2.75) is 6.61 Å². The maximum absolute atomic E-state index is 5.34. The Morgan fingerprint density at radius 1 is 1.05 bits per heavy atom. The molecule has 0 aromatic heterocycles. The van der Waals surface area contributed by atoms with E-state index in [1.54, 1.807) is 7.11 Å². The molecule has 94 valence electrons. The van der Waals surface area contributed by atoms with Crippen molar-refractivity contribution in [1.82, 2.24) is 0 Å². The highest BCUT2D eigenvalue weighted by Gasteiger charge is 2.10. The Hall–Kier alpha value is -1.82. The maximum atomic E-state index is 5.34. The second kappa shape index (κ2) is 5.44. The lowest BCUT2D eigenvalue weighted by Gasteiger charge is -2.05. The van der Waals surface area contributed by atoms with E-state index in [9.17, 15) is 0 Å². The second-order valence-electron chi connectivity index (χ2n) is 4.17. The summed E-state index contributed by atoms with van der Waals surface area (Å²) in [6, 6.07) is 14.3. The molecule has 1 heterocycles. The third-order valence-corrected chi connectivity index (χ3v) is 3.33. The highest BCUT2D eigenvalue weighted by molar-refractivity contribution is 6.17. The third-order valence-electron chi connectivity index (χ3n) is 2.90. The highest BCUT2D eigenvalue weighted by Crippen LogP contribution is 2.38. The van der Waals surface area contributed by atoms with Crippen LogP contribution in [0.25, 0.3) is 11.1 Å². The number of benzene rings is 2. The van der Waals surface area contributed by atoms with E-state index in [2.05, 4.69) is 40.6 Å².